The molecule has 1 saturated heterocycles. The highest BCUT2D eigenvalue weighted by molar-refractivity contribution is 7.20. The predicted octanol–water partition coefficient (Wildman–Crippen LogP) is 4.02. The van der Waals surface area contributed by atoms with Gasteiger partial charge in [-0.2, -0.15) is 0 Å². The number of fused-ring (bicyclic) bond motifs is 1. The molecule has 0 aliphatic carbocycles. The number of aromatic nitrogens is 3. The quantitative estimate of drug-likeness (QED) is 0.712. The average molecular weight is 403 g/mol. The molecule has 3 heterocycles. The third-order valence-corrected chi connectivity index (χ3v) is 5.45. The summed E-state index contributed by atoms with van der Waals surface area (Å²) in [4.78, 5) is 19.1. The molecule has 1 aliphatic rings. The Morgan fingerprint density at radius 3 is 2.64 bits per heavy atom. The summed E-state index contributed by atoms with van der Waals surface area (Å²) in [5.74, 6) is -0.266. The maximum atomic E-state index is 13.1. The summed E-state index contributed by atoms with van der Waals surface area (Å²) in [7, 11) is 0. The van der Waals surface area contributed by atoms with E-state index in [2.05, 4.69) is 15.4 Å². The van der Waals surface area contributed by atoms with Crippen LogP contribution in [-0.2, 0) is 4.74 Å². The van der Waals surface area contributed by atoms with Gasteiger partial charge in [-0.25, -0.2) is 18.7 Å². The summed E-state index contributed by atoms with van der Waals surface area (Å²) < 4.78 is 20.1. The van der Waals surface area contributed by atoms with Gasteiger partial charge in [0, 0.05) is 24.7 Å². The fourth-order valence-corrected chi connectivity index (χ4v) is 4.03. The van der Waals surface area contributed by atoms with E-state index in [9.17, 15) is 9.18 Å². The van der Waals surface area contributed by atoms with Crippen LogP contribution in [-0.4, -0.2) is 50.8 Å². The molecule has 1 amide bonds. The molecule has 9 heteroatoms. The molecular weight excluding hydrogens is 381 g/mol. The maximum Gasteiger partial charge on any atom is 0.410 e. The van der Waals surface area contributed by atoms with Crippen LogP contribution in [0.2, 0.25) is 0 Å². The Kier molecular flexibility index (Phi) is 5.17. The van der Waals surface area contributed by atoms with Crippen LogP contribution in [0.3, 0.4) is 0 Å². The summed E-state index contributed by atoms with van der Waals surface area (Å²) in [6, 6.07) is 6.52. The van der Waals surface area contributed by atoms with E-state index in [1.54, 1.807) is 21.5 Å². The summed E-state index contributed by atoms with van der Waals surface area (Å²) in [5.41, 5.74) is 1.62. The molecule has 1 aromatic carbocycles. The molecule has 1 aliphatic heterocycles. The van der Waals surface area contributed by atoms with Crippen molar-refractivity contribution in [1.82, 2.24) is 19.5 Å². The van der Waals surface area contributed by atoms with Gasteiger partial charge in [-0.1, -0.05) is 11.3 Å². The highest BCUT2D eigenvalue weighted by Crippen LogP contribution is 2.26. The summed E-state index contributed by atoms with van der Waals surface area (Å²) in [6.07, 6.45) is 3.19. The van der Waals surface area contributed by atoms with E-state index in [0.717, 1.165) is 34.2 Å². The minimum Gasteiger partial charge on any atom is -0.447 e. The van der Waals surface area contributed by atoms with Gasteiger partial charge in [-0.05, 0) is 51.0 Å². The number of rotatable bonds is 4. The van der Waals surface area contributed by atoms with Crippen molar-refractivity contribution in [3.05, 3.63) is 36.3 Å². The molecule has 28 heavy (non-hydrogen) atoms. The number of ether oxygens (including phenoxy) is 1. The average Bonchev–Trinajstić information content (AvgIpc) is 3.21. The van der Waals surface area contributed by atoms with Gasteiger partial charge >= 0.3 is 6.09 Å². The number of likely N-dealkylation sites (tertiary alicyclic amines) is 1. The molecule has 3 aromatic rings. The van der Waals surface area contributed by atoms with Gasteiger partial charge < -0.3 is 15.0 Å². The zero-order valence-electron chi connectivity index (χ0n) is 15.8. The third kappa shape index (κ3) is 4.09. The molecule has 0 saturated carbocycles. The third-order valence-electron chi connectivity index (χ3n) is 4.60. The highest BCUT2D eigenvalue weighted by Gasteiger charge is 2.25. The minimum atomic E-state index is -0.266. The first kappa shape index (κ1) is 18.7. The largest absolute Gasteiger partial charge is 0.447 e. The number of nitrogens with zero attached hydrogens (tertiary/aromatic N) is 4. The van der Waals surface area contributed by atoms with E-state index in [1.165, 1.54) is 23.5 Å². The van der Waals surface area contributed by atoms with Crippen molar-refractivity contribution in [3.63, 3.8) is 0 Å². The number of imidazole rings is 1. The number of piperidine rings is 1. The van der Waals surface area contributed by atoms with E-state index in [1.807, 2.05) is 20.0 Å². The number of carbonyl (C=O) groups is 1. The minimum absolute atomic E-state index is 0.102. The number of anilines is 1. The molecular formula is C19H22FN5O2S. The molecule has 7 nitrogen and oxygen atoms in total. The fraction of sp³-hybridized carbons (Fsp3) is 0.421. The molecule has 0 spiro atoms. The van der Waals surface area contributed by atoms with E-state index in [0.29, 0.717) is 13.1 Å². The highest BCUT2D eigenvalue weighted by atomic mass is 32.1. The summed E-state index contributed by atoms with van der Waals surface area (Å²) in [5, 5.41) is 8.79. The number of amides is 1. The van der Waals surface area contributed by atoms with Gasteiger partial charge in [0.15, 0.2) is 0 Å². The van der Waals surface area contributed by atoms with Gasteiger partial charge in [0.2, 0.25) is 10.1 Å². The molecule has 0 atom stereocenters. The molecule has 0 radical (unpaired) electrons. The first-order valence-electron chi connectivity index (χ1n) is 9.32. The zero-order valence-corrected chi connectivity index (χ0v) is 16.6. The smallest absolute Gasteiger partial charge is 0.410 e. The van der Waals surface area contributed by atoms with Crippen LogP contribution in [0.25, 0.3) is 16.2 Å². The number of nitrogens with one attached hydrogen (secondary N) is 1. The van der Waals surface area contributed by atoms with Crippen LogP contribution in [0, 0.1) is 5.82 Å². The van der Waals surface area contributed by atoms with Crippen LogP contribution >= 0.6 is 11.3 Å². The van der Waals surface area contributed by atoms with Crippen molar-refractivity contribution in [3.8, 4) is 11.3 Å². The Hall–Kier alpha value is -2.68. The maximum absolute atomic E-state index is 13.1. The Balaban J connectivity index is 1.36. The van der Waals surface area contributed by atoms with E-state index >= 15 is 0 Å². The van der Waals surface area contributed by atoms with Crippen LogP contribution in [0.4, 0.5) is 14.3 Å². The lowest BCUT2D eigenvalue weighted by atomic mass is 10.1. The zero-order chi connectivity index (χ0) is 19.7. The number of halogens is 1. The second kappa shape index (κ2) is 7.75. The summed E-state index contributed by atoms with van der Waals surface area (Å²) in [6.45, 7) is 5.04. The number of hydrogen-bond acceptors (Lipinski definition) is 6. The van der Waals surface area contributed by atoms with E-state index in [-0.39, 0.29) is 24.1 Å². The van der Waals surface area contributed by atoms with Crippen molar-refractivity contribution >= 4 is 27.5 Å². The van der Waals surface area contributed by atoms with E-state index in [4.69, 9.17) is 4.74 Å². The molecule has 4 rings (SSSR count). The SMILES string of the molecule is CC(C)OC(=O)N1CCC(Nc2nn3cc(-c4ccc(F)cc4)nc3s2)CC1. The molecule has 148 valence electrons. The van der Waals surface area contributed by atoms with Crippen LogP contribution in [0.1, 0.15) is 26.7 Å². The van der Waals surface area contributed by atoms with E-state index < -0.39 is 0 Å². The van der Waals surface area contributed by atoms with Gasteiger partial charge in [-0.15, -0.1) is 5.10 Å². The number of benzene rings is 1. The van der Waals surface area contributed by atoms with Crippen molar-refractivity contribution in [2.45, 2.75) is 38.8 Å². The standard InChI is InChI=1S/C19H22FN5O2S/c1-12(2)27-19(26)24-9-7-15(8-10-24)21-17-23-25-11-16(22-18(25)28-17)13-3-5-14(20)6-4-13/h3-6,11-12,15H,7-10H2,1-2H3,(H,21,23). The second-order valence-electron chi connectivity index (χ2n) is 7.11. The van der Waals surface area contributed by atoms with Crippen molar-refractivity contribution in [2.24, 2.45) is 0 Å². The summed E-state index contributed by atoms with van der Waals surface area (Å²) >= 11 is 1.48. The van der Waals surface area contributed by atoms with Crippen molar-refractivity contribution in [1.29, 1.82) is 0 Å². The van der Waals surface area contributed by atoms with Gasteiger partial charge in [0.05, 0.1) is 18.0 Å². The Morgan fingerprint density at radius 1 is 1.29 bits per heavy atom. The van der Waals surface area contributed by atoms with Crippen LogP contribution in [0.5, 0.6) is 0 Å². The molecule has 0 unspecified atom stereocenters. The number of hydrogen-bond donors (Lipinski definition) is 1. The van der Waals surface area contributed by atoms with Gasteiger partial charge in [-0.3, -0.25) is 0 Å². The molecule has 2 aromatic heterocycles. The fourth-order valence-electron chi connectivity index (χ4n) is 3.18. The first-order chi connectivity index (χ1) is 13.5. The molecule has 0 bridgehead atoms. The molecule has 1 N–H and O–H groups in total. The number of carbonyl (C=O) groups excluding carboxylic acids is 1. The Morgan fingerprint density at radius 2 is 2.00 bits per heavy atom. The lowest BCUT2D eigenvalue weighted by Crippen LogP contribution is -2.43. The lowest BCUT2D eigenvalue weighted by Gasteiger charge is -2.32. The topological polar surface area (TPSA) is 71.8 Å². The second-order valence-corrected chi connectivity index (χ2v) is 8.06. The lowest BCUT2D eigenvalue weighted by molar-refractivity contribution is 0.0701. The van der Waals surface area contributed by atoms with Gasteiger partial charge in [0.1, 0.15) is 5.82 Å². The Labute approximate surface area is 166 Å². The predicted molar refractivity (Wildman–Crippen MR) is 106 cm³/mol. The first-order valence-corrected chi connectivity index (χ1v) is 10.1. The Bertz CT molecular complexity index is 929. The van der Waals surface area contributed by atoms with Crippen LogP contribution < -0.4 is 5.32 Å². The van der Waals surface area contributed by atoms with Crippen molar-refractivity contribution < 1.29 is 13.9 Å². The van der Waals surface area contributed by atoms with Crippen LogP contribution in [0.15, 0.2) is 30.5 Å². The molecule has 1 fully saturated rings. The normalized spacial score (nSPS) is 15.4. The monoisotopic (exact) mass is 403 g/mol. The van der Waals surface area contributed by atoms with Crippen molar-refractivity contribution in [2.75, 3.05) is 18.4 Å². The van der Waals surface area contributed by atoms with Gasteiger partial charge in [0.25, 0.3) is 0 Å².